The van der Waals surface area contributed by atoms with Gasteiger partial charge in [-0.25, -0.2) is 31.0 Å². The van der Waals surface area contributed by atoms with Crippen molar-refractivity contribution >= 4 is 50.0 Å². The second-order valence-corrected chi connectivity index (χ2v) is 15.8. The van der Waals surface area contributed by atoms with Crippen LogP contribution in [0, 0.1) is 40.7 Å². The number of anilines is 1. The van der Waals surface area contributed by atoms with Gasteiger partial charge in [0.2, 0.25) is 15.9 Å². The highest BCUT2D eigenvalue weighted by atomic mass is 35.5. The smallest absolute Gasteiger partial charge is 0.290 e. The Bertz CT molecular complexity index is 2440. The molecule has 19 heteroatoms. The van der Waals surface area contributed by atoms with E-state index in [-0.39, 0.29) is 58.0 Å². The van der Waals surface area contributed by atoms with Crippen LogP contribution in [0.4, 0.5) is 32.2 Å². The summed E-state index contributed by atoms with van der Waals surface area (Å²) >= 11 is 6.55. The molecule has 2 aromatic heterocycles. The first kappa shape index (κ1) is 40.5. The zero-order valence-corrected chi connectivity index (χ0v) is 31.4. The number of fused-ring (bicyclic) bond motifs is 2. The molecule has 2 aliphatic carbocycles. The number of amides is 1. The van der Waals surface area contributed by atoms with Crippen molar-refractivity contribution in [2.75, 3.05) is 17.5 Å². The lowest BCUT2D eigenvalue weighted by atomic mass is 9.71. The van der Waals surface area contributed by atoms with Crippen molar-refractivity contribution in [1.29, 1.82) is 5.41 Å². The minimum Gasteiger partial charge on any atom is -0.381 e. The van der Waals surface area contributed by atoms with Crippen molar-refractivity contribution in [3.63, 3.8) is 0 Å². The molecule has 1 fully saturated rings. The number of aromatic nitrogens is 3. The van der Waals surface area contributed by atoms with Crippen LogP contribution in [0.1, 0.15) is 42.8 Å². The molecular weight excluding hydrogens is 788 g/mol. The van der Waals surface area contributed by atoms with Gasteiger partial charge in [0.05, 0.1) is 46.2 Å². The third-order valence-electron chi connectivity index (χ3n) is 9.52. The summed E-state index contributed by atoms with van der Waals surface area (Å²) in [6.45, 7) is 0.539. The zero-order valence-electron chi connectivity index (χ0n) is 29.8. The molecule has 2 aliphatic rings. The molecule has 2 aromatic carbocycles. The van der Waals surface area contributed by atoms with E-state index in [1.807, 2.05) is 0 Å². The average molecular weight is 822 g/mol. The number of aryl methyl sites for hydroxylation is 1. The molecule has 0 aliphatic heterocycles. The Morgan fingerprint density at radius 1 is 1.12 bits per heavy atom. The van der Waals surface area contributed by atoms with E-state index in [4.69, 9.17) is 17.0 Å². The van der Waals surface area contributed by atoms with Crippen molar-refractivity contribution in [3.8, 4) is 23.0 Å². The molecule has 56 heavy (non-hydrogen) atoms. The lowest BCUT2D eigenvalue weighted by Gasteiger charge is -2.35. The second kappa shape index (κ2) is 15.4. The van der Waals surface area contributed by atoms with Gasteiger partial charge in [0.1, 0.15) is 29.1 Å². The molecule has 2 heterocycles. The number of benzene rings is 2. The van der Waals surface area contributed by atoms with Gasteiger partial charge in [-0.15, -0.1) is 0 Å². The van der Waals surface area contributed by atoms with Crippen molar-refractivity contribution in [3.05, 3.63) is 87.3 Å². The van der Waals surface area contributed by atoms with E-state index in [0.29, 0.717) is 17.1 Å². The van der Waals surface area contributed by atoms with E-state index in [2.05, 4.69) is 37.3 Å². The summed E-state index contributed by atoms with van der Waals surface area (Å²) in [5, 5.41) is 27.3. The Hall–Kier alpha value is -5.12. The Morgan fingerprint density at radius 3 is 2.41 bits per heavy atom. The van der Waals surface area contributed by atoms with Crippen molar-refractivity contribution in [1.82, 2.24) is 25.4 Å². The Labute approximate surface area is 322 Å². The Morgan fingerprint density at radius 2 is 1.80 bits per heavy atom. The fourth-order valence-electron chi connectivity index (χ4n) is 7.15. The molecule has 0 radical (unpaired) electrons. The number of carbonyl (C=O) groups excluding carboxylic acids is 1. The summed E-state index contributed by atoms with van der Waals surface area (Å²) in [5.41, 5.74) is -1.62. The molecular formula is C37H34ClF6N7O4S. The number of alkyl halides is 4. The number of halogens is 7. The number of rotatable bonds is 12. The van der Waals surface area contributed by atoms with Gasteiger partial charge in [-0.05, 0) is 73.9 Å². The fraction of sp³-hybridized carbons (Fsp3) is 0.351. The maximum Gasteiger partial charge on any atom is 0.290 e. The summed E-state index contributed by atoms with van der Waals surface area (Å²) in [6, 6.07) is 7.47. The van der Waals surface area contributed by atoms with Crippen LogP contribution in [0.2, 0.25) is 5.02 Å². The van der Waals surface area contributed by atoms with Gasteiger partial charge in [0, 0.05) is 35.7 Å². The van der Waals surface area contributed by atoms with Crippen molar-refractivity contribution in [2.24, 2.45) is 18.9 Å². The van der Waals surface area contributed by atoms with Crippen LogP contribution in [0.25, 0.3) is 22.0 Å². The van der Waals surface area contributed by atoms with Gasteiger partial charge in [0.15, 0.2) is 5.82 Å². The van der Waals surface area contributed by atoms with Crippen LogP contribution >= 0.6 is 11.6 Å². The maximum absolute atomic E-state index is 15.5. The number of sulfonamides is 1. The van der Waals surface area contributed by atoms with Crippen LogP contribution in [-0.2, 0) is 28.3 Å². The van der Waals surface area contributed by atoms with Crippen LogP contribution < -0.4 is 15.4 Å². The number of nitrogens with one attached hydrogen (secondary N) is 4. The van der Waals surface area contributed by atoms with Gasteiger partial charge < -0.3 is 15.7 Å². The molecule has 6 rings (SSSR count). The third-order valence-corrected chi connectivity index (χ3v) is 10.4. The van der Waals surface area contributed by atoms with Crippen LogP contribution in [-0.4, -0.2) is 71.2 Å². The minimum atomic E-state index is -3.83. The number of aliphatic hydroxyl groups excluding tert-OH is 1. The van der Waals surface area contributed by atoms with Crippen LogP contribution in [0.3, 0.4) is 0 Å². The quantitative estimate of drug-likeness (QED) is 0.0678. The van der Waals surface area contributed by atoms with Crippen molar-refractivity contribution in [2.45, 2.75) is 50.7 Å². The first-order valence-electron chi connectivity index (χ1n) is 17.1. The fourth-order valence-corrected chi connectivity index (χ4v) is 7.88. The molecule has 4 aromatic rings. The highest BCUT2D eigenvalue weighted by Crippen LogP contribution is 2.58. The molecule has 0 spiro atoms. The highest BCUT2D eigenvalue weighted by Gasteiger charge is 2.61. The first-order valence-corrected chi connectivity index (χ1v) is 19.3. The van der Waals surface area contributed by atoms with Gasteiger partial charge in [-0.3, -0.25) is 19.6 Å². The SMILES string of the molecule is C[C@H](O)C#Cc1ccc(-c2ccc(Cl)c3c(NS(C)(=O)=O)nn(C)c23)c([C@H](Cc2cc(F)cc(F)c2)NC(=O)CNC2=C(C(=N)C(F)F)[C@H]3CC[C@H]3C2(F)F)n1. The number of carbonyl (C=O) groups is 1. The van der Waals surface area contributed by atoms with Gasteiger partial charge in [-0.2, -0.15) is 13.9 Å². The molecule has 1 saturated carbocycles. The number of hydrogen-bond donors (Lipinski definition) is 5. The van der Waals surface area contributed by atoms with E-state index in [9.17, 15) is 35.9 Å². The molecule has 0 unspecified atom stereocenters. The topological polar surface area (TPSA) is 162 Å². The zero-order chi connectivity index (χ0) is 40.9. The molecule has 296 valence electrons. The summed E-state index contributed by atoms with van der Waals surface area (Å²) in [6.07, 6.45) is -3.58. The Kier molecular flexibility index (Phi) is 11.2. The van der Waals surface area contributed by atoms with E-state index in [0.717, 1.165) is 18.4 Å². The van der Waals surface area contributed by atoms with Gasteiger partial charge in [0.25, 0.3) is 12.3 Å². The normalized spacial score (nSPS) is 18.5. The maximum atomic E-state index is 15.5. The minimum absolute atomic E-state index is 0.0338. The number of nitrogens with zero attached hydrogens (tertiary/aromatic N) is 3. The standard InChI is InChI=1S/C37H34ClF6N7O4S/c1-17(52)4-5-21-6-7-22(23-9-11-26(38)30-33(23)51(2)49-36(30)50-56(3,54)55)32(47-21)27(14-18-12-19(39)15-20(40)13-18)48-28(53)16-46-34-29(31(45)35(41)42)24-8-10-25(24)37(34,43)44/h6-7,9,11-13,15,17,24-25,27,35,45-46,52H,8,10,14,16H2,1-3H3,(H,48,53)(H,49,50)/t17-,24-,25+,27-/m0/s1. The largest absolute Gasteiger partial charge is 0.381 e. The predicted octanol–water partition coefficient (Wildman–Crippen LogP) is 5.87. The van der Waals surface area contributed by atoms with E-state index in [1.54, 1.807) is 12.1 Å². The Balaban J connectivity index is 1.47. The number of allylic oxidation sites excluding steroid dienone is 2. The molecule has 11 nitrogen and oxygen atoms in total. The molecule has 5 N–H and O–H groups in total. The summed E-state index contributed by atoms with van der Waals surface area (Å²) in [5.74, 6) is -3.53. The third kappa shape index (κ3) is 8.20. The summed E-state index contributed by atoms with van der Waals surface area (Å²) in [7, 11) is -2.30. The lowest BCUT2D eigenvalue weighted by Crippen LogP contribution is -2.42. The van der Waals surface area contributed by atoms with Crippen LogP contribution in [0.15, 0.2) is 53.7 Å². The highest BCUT2D eigenvalue weighted by molar-refractivity contribution is 7.92. The second-order valence-electron chi connectivity index (χ2n) is 13.6. The van der Waals surface area contributed by atoms with Gasteiger partial charge in [-0.1, -0.05) is 23.6 Å². The van der Waals surface area contributed by atoms with Crippen LogP contribution in [0.5, 0.6) is 0 Å². The number of aliphatic hydroxyl groups is 1. The molecule has 4 atom stereocenters. The number of pyridine rings is 1. The number of hydrogen-bond acceptors (Lipinski definition) is 8. The molecule has 0 bridgehead atoms. The molecule has 0 saturated heterocycles. The predicted molar refractivity (Wildman–Crippen MR) is 197 cm³/mol. The average Bonchev–Trinajstić information content (AvgIpc) is 3.46. The molecule has 1 amide bonds. The van der Waals surface area contributed by atoms with E-state index >= 15 is 8.78 Å². The lowest BCUT2D eigenvalue weighted by molar-refractivity contribution is -0.121. The van der Waals surface area contributed by atoms with E-state index < -0.39 is 87.4 Å². The van der Waals surface area contributed by atoms with Gasteiger partial charge >= 0.3 is 0 Å². The summed E-state index contributed by atoms with van der Waals surface area (Å²) in [4.78, 5) is 18.4. The van der Waals surface area contributed by atoms with Crippen molar-refractivity contribution < 1.29 is 44.7 Å². The first-order chi connectivity index (χ1) is 26.2. The monoisotopic (exact) mass is 821 g/mol. The summed E-state index contributed by atoms with van der Waals surface area (Å²) < 4.78 is 115. The van der Waals surface area contributed by atoms with E-state index in [1.165, 1.54) is 30.8 Å².